The molecule has 0 aliphatic rings. The minimum Gasteiger partial charge on any atom is -0.480 e. The number of methoxy groups -OCH3 is 1. The van der Waals surface area contributed by atoms with Gasteiger partial charge in [-0.2, -0.15) is 4.72 Å². The third kappa shape index (κ3) is 3.08. The van der Waals surface area contributed by atoms with E-state index in [2.05, 4.69) is 9.72 Å². The number of nitrogens with one attached hydrogen (secondary N) is 2. The number of rotatable bonds is 5. The summed E-state index contributed by atoms with van der Waals surface area (Å²) in [6, 6.07) is -0.214. The molecule has 0 bridgehead atoms. The van der Waals surface area contributed by atoms with Gasteiger partial charge >= 0.3 is 11.9 Å². The molecule has 100 valence electrons. The van der Waals surface area contributed by atoms with Crippen molar-refractivity contribution in [3.05, 3.63) is 18.0 Å². The number of carbonyl (C=O) groups excluding carboxylic acids is 1. The lowest BCUT2D eigenvalue weighted by atomic mass is 10.4. The molecule has 0 aromatic carbocycles. The summed E-state index contributed by atoms with van der Waals surface area (Å²) in [7, 11) is -2.84. The third-order valence-electron chi connectivity index (χ3n) is 2.07. The minimum absolute atomic E-state index is 0.0409. The van der Waals surface area contributed by atoms with Crippen molar-refractivity contribution in [2.45, 2.75) is 17.9 Å². The molecule has 3 N–H and O–H groups in total. The molecule has 18 heavy (non-hydrogen) atoms. The number of hydrogen-bond donors (Lipinski definition) is 3. The highest BCUT2D eigenvalue weighted by molar-refractivity contribution is 7.89. The number of ether oxygens (including phenoxy) is 1. The summed E-state index contributed by atoms with van der Waals surface area (Å²) in [5.74, 6) is -2.02. The number of aromatic nitrogens is 1. The van der Waals surface area contributed by atoms with Crippen LogP contribution in [0.5, 0.6) is 0 Å². The van der Waals surface area contributed by atoms with Crippen molar-refractivity contribution >= 4 is 22.0 Å². The first kappa shape index (κ1) is 14.2. The van der Waals surface area contributed by atoms with Crippen molar-refractivity contribution in [3.63, 3.8) is 0 Å². The van der Waals surface area contributed by atoms with Crippen LogP contribution in [0.25, 0.3) is 0 Å². The number of carbonyl (C=O) groups is 2. The number of sulfonamides is 1. The van der Waals surface area contributed by atoms with Crippen LogP contribution in [0.3, 0.4) is 0 Å². The first-order chi connectivity index (χ1) is 8.27. The molecule has 0 aliphatic carbocycles. The maximum absolute atomic E-state index is 11.7. The van der Waals surface area contributed by atoms with Gasteiger partial charge in [-0.15, -0.1) is 0 Å². The fourth-order valence-electron chi connectivity index (χ4n) is 1.11. The number of carboxylic acids is 1. The van der Waals surface area contributed by atoms with E-state index in [-0.39, 0.29) is 10.6 Å². The first-order valence-corrected chi connectivity index (χ1v) is 6.28. The van der Waals surface area contributed by atoms with Crippen molar-refractivity contribution in [2.24, 2.45) is 0 Å². The Labute approximate surface area is 103 Å². The molecular weight excluding hydrogens is 264 g/mol. The lowest BCUT2D eigenvalue weighted by Gasteiger charge is -2.08. The predicted molar refractivity (Wildman–Crippen MR) is 59.6 cm³/mol. The van der Waals surface area contributed by atoms with E-state index in [9.17, 15) is 18.0 Å². The van der Waals surface area contributed by atoms with Crippen LogP contribution in [0.4, 0.5) is 0 Å². The number of hydrogen-bond acceptors (Lipinski definition) is 5. The van der Waals surface area contributed by atoms with Gasteiger partial charge in [0.05, 0.1) is 7.11 Å². The lowest BCUT2D eigenvalue weighted by Crippen LogP contribution is -2.38. The topological polar surface area (TPSA) is 126 Å². The normalized spacial score (nSPS) is 13.0. The number of carboxylic acid groups (broad SMARTS) is 1. The van der Waals surface area contributed by atoms with Crippen LogP contribution in [-0.4, -0.2) is 43.6 Å². The lowest BCUT2D eigenvalue weighted by molar-refractivity contribution is -0.138. The van der Waals surface area contributed by atoms with E-state index in [1.165, 1.54) is 6.92 Å². The fraction of sp³-hybridized carbons (Fsp3) is 0.333. The molecule has 1 aromatic rings. The maximum atomic E-state index is 11.7. The maximum Gasteiger partial charge on any atom is 0.354 e. The van der Waals surface area contributed by atoms with Gasteiger partial charge in [0, 0.05) is 6.20 Å². The Morgan fingerprint density at radius 1 is 1.50 bits per heavy atom. The van der Waals surface area contributed by atoms with E-state index >= 15 is 0 Å². The largest absolute Gasteiger partial charge is 0.480 e. The number of esters is 1. The molecular formula is C9H12N2O6S. The second-order valence-electron chi connectivity index (χ2n) is 3.42. The molecule has 1 atom stereocenters. The average molecular weight is 276 g/mol. The highest BCUT2D eigenvalue weighted by Gasteiger charge is 2.23. The molecule has 0 saturated heterocycles. The molecule has 9 heteroatoms. The van der Waals surface area contributed by atoms with E-state index < -0.39 is 28.0 Å². The fourth-order valence-corrected chi connectivity index (χ4v) is 2.30. The molecule has 0 spiro atoms. The minimum atomic E-state index is -4.00. The Hall–Kier alpha value is -1.87. The van der Waals surface area contributed by atoms with Gasteiger partial charge in [-0.25, -0.2) is 13.2 Å². The Balaban J connectivity index is 2.96. The molecule has 8 nitrogen and oxygen atoms in total. The van der Waals surface area contributed by atoms with E-state index in [1.54, 1.807) is 0 Å². The summed E-state index contributed by atoms with van der Waals surface area (Å²) in [5.41, 5.74) is -0.0409. The molecule has 0 aliphatic heterocycles. The van der Waals surface area contributed by atoms with E-state index in [4.69, 9.17) is 5.11 Å². The van der Waals surface area contributed by atoms with Crippen LogP contribution >= 0.6 is 0 Å². The number of aliphatic carboxylic acids is 1. The van der Waals surface area contributed by atoms with Gasteiger partial charge in [-0.1, -0.05) is 0 Å². The predicted octanol–water partition coefficient (Wildman–Crippen LogP) is -0.447. The van der Waals surface area contributed by atoms with Crippen molar-refractivity contribution in [1.82, 2.24) is 9.71 Å². The summed E-state index contributed by atoms with van der Waals surface area (Å²) < 4.78 is 29.8. The van der Waals surface area contributed by atoms with E-state index in [0.29, 0.717) is 0 Å². The molecule has 0 amide bonds. The van der Waals surface area contributed by atoms with Crippen LogP contribution in [0.15, 0.2) is 17.2 Å². The van der Waals surface area contributed by atoms with Crippen molar-refractivity contribution in [3.8, 4) is 0 Å². The zero-order valence-electron chi connectivity index (χ0n) is 9.63. The summed E-state index contributed by atoms with van der Waals surface area (Å²) in [5, 5.41) is 8.61. The number of aromatic amines is 1. The highest BCUT2D eigenvalue weighted by Crippen LogP contribution is 2.11. The second-order valence-corrected chi connectivity index (χ2v) is 5.14. The van der Waals surface area contributed by atoms with Gasteiger partial charge in [0.15, 0.2) is 0 Å². The smallest absolute Gasteiger partial charge is 0.354 e. The van der Waals surface area contributed by atoms with Gasteiger partial charge in [0.25, 0.3) is 0 Å². The van der Waals surface area contributed by atoms with E-state index in [1.807, 2.05) is 4.72 Å². The summed E-state index contributed by atoms with van der Waals surface area (Å²) in [4.78, 5) is 23.9. The zero-order valence-corrected chi connectivity index (χ0v) is 10.4. The third-order valence-corrected chi connectivity index (χ3v) is 3.59. The van der Waals surface area contributed by atoms with Crippen LogP contribution in [0, 0.1) is 0 Å². The average Bonchev–Trinajstić information content (AvgIpc) is 2.77. The zero-order chi connectivity index (χ0) is 13.9. The van der Waals surface area contributed by atoms with Gasteiger partial charge in [-0.3, -0.25) is 4.79 Å². The summed E-state index contributed by atoms with van der Waals surface area (Å²) in [6.07, 6.45) is 1.07. The van der Waals surface area contributed by atoms with Crippen LogP contribution in [-0.2, 0) is 19.6 Å². The molecule has 1 rings (SSSR count). The summed E-state index contributed by atoms with van der Waals surface area (Å²) >= 11 is 0. The Bertz CT molecular complexity index is 561. The molecule has 0 saturated carbocycles. The SMILES string of the molecule is COC(=O)c1cc(S(=O)(=O)NC(C)C(=O)O)c[nH]1. The number of H-pyrrole nitrogens is 1. The molecule has 1 unspecified atom stereocenters. The van der Waals surface area contributed by atoms with Crippen LogP contribution in [0.1, 0.15) is 17.4 Å². The Morgan fingerprint density at radius 2 is 2.11 bits per heavy atom. The molecule has 0 fully saturated rings. The van der Waals surface area contributed by atoms with Crippen LogP contribution < -0.4 is 4.72 Å². The van der Waals surface area contributed by atoms with Crippen LogP contribution in [0.2, 0.25) is 0 Å². The quantitative estimate of drug-likeness (QED) is 0.625. The molecule has 1 heterocycles. The highest BCUT2D eigenvalue weighted by atomic mass is 32.2. The van der Waals surface area contributed by atoms with Gasteiger partial charge < -0.3 is 14.8 Å². The monoisotopic (exact) mass is 276 g/mol. The van der Waals surface area contributed by atoms with Crippen molar-refractivity contribution < 1.29 is 27.9 Å². The standard InChI is InChI=1S/C9H12N2O6S/c1-5(8(12)13)11-18(15,16)6-3-7(10-4-6)9(14)17-2/h3-5,10-11H,1-2H3,(H,12,13). The van der Waals surface area contributed by atoms with Gasteiger partial charge in [-0.05, 0) is 13.0 Å². The first-order valence-electron chi connectivity index (χ1n) is 4.80. The molecule has 1 aromatic heterocycles. The Morgan fingerprint density at radius 3 is 2.61 bits per heavy atom. The molecule has 0 radical (unpaired) electrons. The van der Waals surface area contributed by atoms with Crippen molar-refractivity contribution in [2.75, 3.05) is 7.11 Å². The van der Waals surface area contributed by atoms with Gasteiger partial charge in [0.2, 0.25) is 10.0 Å². The van der Waals surface area contributed by atoms with E-state index in [0.717, 1.165) is 19.4 Å². The van der Waals surface area contributed by atoms with Crippen molar-refractivity contribution in [1.29, 1.82) is 0 Å². The Kier molecular flexibility index (Phi) is 4.09. The summed E-state index contributed by atoms with van der Waals surface area (Å²) in [6.45, 7) is 1.19. The van der Waals surface area contributed by atoms with Gasteiger partial charge in [0.1, 0.15) is 16.6 Å². The second kappa shape index (κ2) is 5.19.